The molecule has 8 heteroatoms. The number of ether oxygens (including phenoxy) is 1. The Morgan fingerprint density at radius 2 is 1.74 bits per heavy atom. The molecule has 0 unspecified atom stereocenters. The Morgan fingerprint density at radius 3 is 2.44 bits per heavy atom. The lowest BCUT2D eigenvalue weighted by Gasteiger charge is -2.29. The molecular weight excluding hydrogens is 494 g/mol. The fraction of sp³-hybridized carbons (Fsp3) is 0.452. The zero-order valence-corrected chi connectivity index (χ0v) is 22.3. The van der Waals surface area contributed by atoms with Gasteiger partial charge in [0.05, 0.1) is 12.6 Å². The summed E-state index contributed by atoms with van der Waals surface area (Å²) in [6.07, 6.45) is 8.48. The first-order valence-electron chi connectivity index (χ1n) is 13.8. The molecule has 1 saturated heterocycles. The van der Waals surface area contributed by atoms with Crippen LogP contribution in [0.15, 0.2) is 66.7 Å². The van der Waals surface area contributed by atoms with Crippen LogP contribution in [0.3, 0.4) is 0 Å². The molecule has 4 N–H and O–H groups in total. The molecule has 3 aliphatic rings. The predicted octanol–water partition coefficient (Wildman–Crippen LogP) is 3.60. The monoisotopic (exact) mass is 531 g/mol. The number of carbonyl (C=O) groups excluding carboxylic acids is 2. The van der Waals surface area contributed by atoms with E-state index in [0.29, 0.717) is 12.8 Å². The maximum atomic E-state index is 13.7. The van der Waals surface area contributed by atoms with Crippen molar-refractivity contribution < 1.29 is 24.2 Å². The number of nitrogens with two attached hydrogens (primary N) is 1. The van der Waals surface area contributed by atoms with E-state index < -0.39 is 35.1 Å². The van der Waals surface area contributed by atoms with E-state index in [4.69, 9.17) is 10.5 Å². The number of fused-ring (bicyclic) bond motifs is 2. The van der Waals surface area contributed by atoms with E-state index in [1.165, 1.54) is 4.90 Å². The number of hydrogen-bond acceptors (Lipinski definition) is 5. The van der Waals surface area contributed by atoms with Gasteiger partial charge in [0.15, 0.2) is 0 Å². The molecule has 2 aromatic carbocycles. The Balaban J connectivity index is 1.46. The second-order valence-electron chi connectivity index (χ2n) is 11.1. The zero-order chi connectivity index (χ0) is 27.6. The molecule has 2 aromatic rings. The van der Waals surface area contributed by atoms with E-state index in [0.717, 1.165) is 42.4 Å². The Kier molecular flexibility index (Phi) is 7.60. The van der Waals surface area contributed by atoms with Gasteiger partial charge < -0.3 is 25.8 Å². The van der Waals surface area contributed by atoms with Crippen molar-refractivity contribution in [3.8, 4) is 11.1 Å². The highest BCUT2D eigenvalue weighted by atomic mass is 16.5. The van der Waals surface area contributed by atoms with E-state index in [9.17, 15) is 19.5 Å². The molecule has 0 aromatic heterocycles. The molecular formula is C31H37N3O5. The highest BCUT2D eigenvalue weighted by Crippen LogP contribution is 2.46. The molecule has 2 fully saturated rings. The number of nitrogens with zero attached hydrogens (tertiary/aromatic N) is 1. The molecule has 206 valence electrons. The van der Waals surface area contributed by atoms with Crippen molar-refractivity contribution in [3.05, 3.63) is 72.3 Å². The maximum absolute atomic E-state index is 13.7. The minimum atomic E-state index is -1.35. The van der Waals surface area contributed by atoms with E-state index in [1.54, 1.807) is 7.11 Å². The number of carboxylic acids is 1. The van der Waals surface area contributed by atoms with Gasteiger partial charge in [0.25, 0.3) is 0 Å². The highest BCUT2D eigenvalue weighted by Gasteiger charge is 2.62. The fourth-order valence-corrected chi connectivity index (χ4v) is 6.08. The van der Waals surface area contributed by atoms with Gasteiger partial charge in [-0.2, -0.15) is 0 Å². The Bertz CT molecular complexity index is 1250. The lowest BCUT2D eigenvalue weighted by atomic mass is 9.89. The molecule has 2 heterocycles. The van der Waals surface area contributed by atoms with Gasteiger partial charge in [-0.25, -0.2) is 4.79 Å². The summed E-state index contributed by atoms with van der Waals surface area (Å²) < 4.78 is 6.07. The van der Waals surface area contributed by atoms with Crippen molar-refractivity contribution in [2.45, 2.75) is 68.2 Å². The van der Waals surface area contributed by atoms with Gasteiger partial charge in [0, 0.05) is 19.4 Å². The number of carboxylic acid groups (broad SMARTS) is 1. The Hall–Kier alpha value is -3.49. The van der Waals surface area contributed by atoms with Crippen molar-refractivity contribution in [1.29, 1.82) is 0 Å². The van der Waals surface area contributed by atoms with E-state index in [-0.39, 0.29) is 24.8 Å². The molecule has 1 saturated carbocycles. The molecule has 5 atom stereocenters. The molecule has 39 heavy (non-hydrogen) atoms. The minimum Gasteiger partial charge on any atom is -0.479 e. The number of nitrogens with one attached hydrogen (secondary N) is 1. The van der Waals surface area contributed by atoms with Gasteiger partial charge in [-0.3, -0.25) is 9.59 Å². The lowest BCUT2D eigenvalue weighted by Crippen LogP contribution is -2.55. The normalized spacial score (nSPS) is 32.3. The summed E-state index contributed by atoms with van der Waals surface area (Å²) in [7, 11) is 1.58. The quantitative estimate of drug-likeness (QED) is 0.519. The number of amides is 2. The van der Waals surface area contributed by atoms with Gasteiger partial charge in [-0.15, -0.1) is 0 Å². The third-order valence-corrected chi connectivity index (χ3v) is 8.63. The Labute approximate surface area is 229 Å². The molecule has 5 rings (SSSR count). The van der Waals surface area contributed by atoms with Crippen LogP contribution in [-0.2, 0) is 24.7 Å². The van der Waals surface area contributed by atoms with E-state index in [1.807, 2.05) is 66.7 Å². The van der Waals surface area contributed by atoms with Crippen LogP contribution in [0.1, 0.15) is 50.5 Å². The first kappa shape index (κ1) is 27.1. The first-order valence-corrected chi connectivity index (χ1v) is 13.8. The summed E-state index contributed by atoms with van der Waals surface area (Å²) in [4.78, 5) is 41.1. The summed E-state index contributed by atoms with van der Waals surface area (Å²) in [6, 6.07) is 16.3. The van der Waals surface area contributed by atoms with Crippen molar-refractivity contribution in [3.63, 3.8) is 0 Å². The number of methoxy groups -OCH3 is 1. The number of benzene rings is 2. The van der Waals surface area contributed by atoms with Crippen molar-refractivity contribution in [2.24, 2.45) is 11.7 Å². The van der Waals surface area contributed by atoms with Crippen molar-refractivity contribution in [2.75, 3.05) is 13.7 Å². The predicted molar refractivity (Wildman–Crippen MR) is 147 cm³/mol. The average molecular weight is 532 g/mol. The lowest BCUT2D eigenvalue weighted by molar-refractivity contribution is -0.145. The van der Waals surface area contributed by atoms with E-state index >= 15 is 0 Å². The molecule has 2 aliphatic heterocycles. The van der Waals surface area contributed by atoms with Gasteiger partial charge in [0.1, 0.15) is 17.2 Å². The number of hydrogen-bond donors (Lipinski definition) is 3. The molecule has 0 radical (unpaired) electrons. The first-order chi connectivity index (χ1) is 18.8. The van der Waals surface area contributed by atoms with E-state index in [2.05, 4.69) is 5.32 Å². The van der Waals surface area contributed by atoms with Crippen LogP contribution in [0.25, 0.3) is 11.1 Å². The van der Waals surface area contributed by atoms with Gasteiger partial charge >= 0.3 is 5.97 Å². The summed E-state index contributed by atoms with van der Waals surface area (Å²) in [5.41, 5.74) is 7.05. The van der Waals surface area contributed by atoms with Crippen LogP contribution < -0.4 is 11.1 Å². The third-order valence-electron chi connectivity index (χ3n) is 8.63. The smallest absolute Gasteiger partial charge is 0.330 e. The minimum absolute atomic E-state index is 0.155. The molecule has 0 bridgehead atoms. The van der Waals surface area contributed by atoms with Gasteiger partial charge in [-0.05, 0) is 42.4 Å². The number of carbonyl (C=O) groups is 3. The van der Waals surface area contributed by atoms with Crippen LogP contribution in [0, 0.1) is 5.92 Å². The maximum Gasteiger partial charge on any atom is 0.330 e. The summed E-state index contributed by atoms with van der Waals surface area (Å²) >= 11 is 0. The van der Waals surface area contributed by atoms with Crippen LogP contribution in [0.5, 0.6) is 0 Å². The summed E-state index contributed by atoms with van der Waals surface area (Å²) in [6.45, 7) is 0.155. The SMILES string of the molecule is CO[C@@]1(c2ccc(-c3ccccc3)cc2)C[C@H]2C(=O)N[C@]3(C(=O)O)C[C@H]3/C=C\CCCCC[C@H](N)C(=O)N2C1. The summed E-state index contributed by atoms with van der Waals surface area (Å²) in [5.74, 6) is -2.12. The molecule has 2 amide bonds. The number of aliphatic carboxylic acids is 1. The molecule has 0 spiro atoms. The van der Waals surface area contributed by atoms with Gasteiger partial charge in [-0.1, -0.05) is 79.6 Å². The van der Waals surface area contributed by atoms with Crippen LogP contribution >= 0.6 is 0 Å². The largest absolute Gasteiger partial charge is 0.479 e. The standard InChI is InChI=1S/C31H37N3O5/c1-39-30(23-16-14-22(15-17-23)21-10-6-5-7-11-21)19-26-27(35)33-31(29(37)38)18-24(31)12-8-3-2-4-9-13-25(32)28(36)34(26)20-30/h5-8,10-12,14-17,24-26H,2-4,9,13,18-20,32H2,1H3,(H,33,35)(H,37,38)/b12-8-/t24-,25+,26+,30+,31-/m1/s1. The average Bonchev–Trinajstić information content (AvgIpc) is 3.50. The van der Waals surface area contributed by atoms with Crippen molar-refractivity contribution >= 4 is 17.8 Å². The second-order valence-corrected chi connectivity index (χ2v) is 11.1. The van der Waals surface area contributed by atoms with Crippen LogP contribution in [0.4, 0.5) is 0 Å². The highest BCUT2D eigenvalue weighted by molar-refractivity contribution is 5.95. The fourth-order valence-electron chi connectivity index (χ4n) is 6.08. The third kappa shape index (κ3) is 5.23. The van der Waals surface area contributed by atoms with Crippen LogP contribution in [-0.4, -0.2) is 59.1 Å². The number of rotatable bonds is 4. The summed E-state index contributed by atoms with van der Waals surface area (Å²) in [5, 5.41) is 12.8. The van der Waals surface area contributed by atoms with Crippen LogP contribution in [0.2, 0.25) is 0 Å². The molecule has 8 nitrogen and oxygen atoms in total. The van der Waals surface area contributed by atoms with Crippen molar-refractivity contribution in [1.82, 2.24) is 10.2 Å². The Morgan fingerprint density at radius 1 is 1.03 bits per heavy atom. The zero-order valence-electron chi connectivity index (χ0n) is 22.3. The topological polar surface area (TPSA) is 122 Å². The number of allylic oxidation sites excluding steroid dienone is 1. The molecule has 1 aliphatic carbocycles. The second kappa shape index (κ2) is 10.9. The van der Waals surface area contributed by atoms with Gasteiger partial charge in [0.2, 0.25) is 11.8 Å².